The molecule has 2 aliphatic carbocycles. The van der Waals surface area contributed by atoms with Gasteiger partial charge in [0, 0.05) is 5.02 Å². The molecule has 4 rings (SSSR count). The maximum atomic E-state index is 12.5. The number of halogens is 1. The molecule has 0 radical (unpaired) electrons. The van der Waals surface area contributed by atoms with Crippen molar-refractivity contribution in [3.8, 4) is 0 Å². The van der Waals surface area contributed by atoms with E-state index in [-0.39, 0.29) is 35.5 Å². The molecule has 0 aromatic heterocycles. The van der Waals surface area contributed by atoms with Gasteiger partial charge in [0.25, 0.3) is 0 Å². The number of amides is 2. The highest BCUT2D eigenvalue weighted by Crippen LogP contribution is 2.53. The summed E-state index contributed by atoms with van der Waals surface area (Å²) in [6.45, 7) is 0. The zero-order valence-corrected chi connectivity index (χ0v) is 10.9. The summed E-state index contributed by atoms with van der Waals surface area (Å²) in [4.78, 5) is 26.4. The van der Waals surface area contributed by atoms with E-state index in [4.69, 9.17) is 11.6 Å². The van der Waals surface area contributed by atoms with Gasteiger partial charge in [-0.2, -0.15) is 0 Å². The number of rotatable bonds is 1. The van der Waals surface area contributed by atoms with Gasteiger partial charge >= 0.3 is 0 Å². The molecule has 19 heavy (non-hydrogen) atoms. The molecule has 2 bridgehead atoms. The van der Waals surface area contributed by atoms with Crippen LogP contribution in [0.3, 0.4) is 0 Å². The Morgan fingerprint density at radius 2 is 1.47 bits per heavy atom. The van der Waals surface area contributed by atoms with E-state index in [0.717, 1.165) is 6.42 Å². The lowest BCUT2D eigenvalue weighted by Crippen LogP contribution is -2.32. The summed E-state index contributed by atoms with van der Waals surface area (Å²) in [7, 11) is 0. The molecule has 4 heteroatoms. The normalized spacial score (nSPS) is 35.3. The Kier molecular flexibility index (Phi) is 2.19. The molecule has 96 valence electrons. The molecule has 0 unspecified atom stereocenters. The predicted molar refractivity (Wildman–Crippen MR) is 71.7 cm³/mol. The van der Waals surface area contributed by atoms with Crippen molar-refractivity contribution in [2.75, 3.05) is 4.90 Å². The van der Waals surface area contributed by atoms with Gasteiger partial charge in [0.1, 0.15) is 0 Å². The molecular weight excluding hydrogens is 262 g/mol. The van der Waals surface area contributed by atoms with E-state index in [1.165, 1.54) is 4.90 Å². The fourth-order valence-electron chi connectivity index (χ4n) is 3.75. The summed E-state index contributed by atoms with van der Waals surface area (Å²) < 4.78 is 0. The molecule has 1 saturated heterocycles. The van der Waals surface area contributed by atoms with E-state index >= 15 is 0 Å². The van der Waals surface area contributed by atoms with E-state index < -0.39 is 0 Å². The maximum absolute atomic E-state index is 12.5. The SMILES string of the molecule is O=C1[C@@H]2[C@H](C(=O)N1c1ccc(Cl)cc1)[C@H]1C=C[C@@H]2C1. The lowest BCUT2D eigenvalue weighted by atomic mass is 9.85. The summed E-state index contributed by atoms with van der Waals surface area (Å²) in [5.41, 5.74) is 0.633. The third-order valence-electron chi connectivity index (χ3n) is 4.56. The van der Waals surface area contributed by atoms with Gasteiger partial charge in [-0.3, -0.25) is 14.5 Å². The van der Waals surface area contributed by atoms with Crippen LogP contribution in [-0.2, 0) is 9.59 Å². The second kappa shape index (κ2) is 3.70. The van der Waals surface area contributed by atoms with Crippen molar-refractivity contribution in [1.29, 1.82) is 0 Å². The van der Waals surface area contributed by atoms with Gasteiger partial charge in [0.2, 0.25) is 11.8 Å². The Morgan fingerprint density at radius 3 is 2.00 bits per heavy atom. The second-order valence-corrected chi connectivity index (χ2v) is 5.92. The predicted octanol–water partition coefficient (Wildman–Crippen LogP) is 2.65. The Labute approximate surface area is 115 Å². The molecule has 0 spiro atoms. The van der Waals surface area contributed by atoms with Crippen LogP contribution < -0.4 is 4.90 Å². The van der Waals surface area contributed by atoms with Gasteiger partial charge in [-0.15, -0.1) is 0 Å². The van der Waals surface area contributed by atoms with Crippen molar-refractivity contribution in [3.05, 3.63) is 41.4 Å². The number of imide groups is 1. The highest BCUT2D eigenvalue weighted by atomic mass is 35.5. The van der Waals surface area contributed by atoms with Crippen LogP contribution in [0.2, 0.25) is 5.02 Å². The highest BCUT2D eigenvalue weighted by Gasteiger charge is 2.59. The molecule has 1 saturated carbocycles. The Bertz CT molecular complexity index is 577. The highest BCUT2D eigenvalue weighted by molar-refractivity contribution is 6.30. The first-order valence-electron chi connectivity index (χ1n) is 6.48. The average molecular weight is 274 g/mol. The topological polar surface area (TPSA) is 37.4 Å². The number of anilines is 1. The van der Waals surface area contributed by atoms with Gasteiger partial charge in [0.15, 0.2) is 0 Å². The molecule has 2 fully saturated rings. The van der Waals surface area contributed by atoms with Crippen molar-refractivity contribution in [3.63, 3.8) is 0 Å². The molecule has 1 aromatic rings. The monoisotopic (exact) mass is 273 g/mol. The summed E-state index contributed by atoms with van der Waals surface area (Å²) in [6, 6.07) is 6.87. The average Bonchev–Trinajstić information content (AvgIpc) is 3.06. The zero-order chi connectivity index (χ0) is 13.1. The van der Waals surface area contributed by atoms with Crippen LogP contribution >= 0.6 is 11.6 Å². The number of carbonyl (C=O) groups is 2. The largest absolute Gasteiger partial charge is 0.274 e. The summed E-state index contributed by atoms with van der Waals surface area (Å²) in [6.07, 6.45) is 5.16. The van der Waals surface area contributed by atoms with Gasteiger partial charge in [-0.25, -0.2) is 0 Å². The first kappa shape index (κ1) is 11.2. The Morgan fingerprint density at radius 1 is 0.947 bits per heavy atom. The Hall–Kier alpha value is -1.61. The quantitative estimate of drug-likeness (QED) is 0.583. The van der Waals surface area contributed by atoms with Crippen LogP contribution in [0.25, 0.3) is 0 Å². The molecule has 1 aliphatic heterocycles. The third-order valence-corrected chi connectivity index (χ3v) is 4.81. The maximum Gasteiger partial charge on any atom is 0.238 e. The van der Waals surface area contributed by atoms with Crippen LogP contribution in [0.15, 0.2) is 36.4 Å². The third kappa shape index (κ3) is 1.39. The number of hydrogen-bond acceptors (Lipinski definition) is 2. The van der Waals surface area contributed by atoms with Gasteiger partial charge in [-0.1, -0.05) is 23.8 Å². The minimum atomic E-state index is -0.141. The van der Waals surface area contributed by atoms with Crippen LogP contribution in [0, 0.1) is 23.7 Å². The summed E-state index contributed by atoms with van der Waals surface area (Å²) in [5, 5.41) is 0.602. The van der Waals surface area contributed by atoms with Gasteiger partial charge in [0.05, 0.1) is 17.5 Å². The molecule has 0 N–H and O–H groups in total. The molecule has 4 atom stereocenters. The van der Waals surface area contributed by atoms with Crippen molar-refractivity contribution in [2.45, 2.75) is 6.42 Å². The van der Waals surface area contributed by atoms with Crippen LogP contribution in [0.1, 0.15) is 6.42 Å². The molecule has 3 nitrogen and oxygen atoms in total. The zero-order valence-electron chi connectivity index (χ0n) is 10.1. The van der Waals surface area contributed by atoms with Crippen molar-refractivity contribution in [1.82, 2.24) is 0 Å². The summed E-state index contributed by atoms with van der Waals surface area (Å²) in [5.74, 6) is 0.132. The van der Waals surface area contributed by atoms with E-state index in [1.807, 2.05) is 0 Å². The number of allylic oxidation sites excluding steroid dienone is 2. The minimum Gasteiger partial charge on any atom is -0.274 e. The van der Waals surface area contributed by atoms with Crippen LogP contribution in [-0.4, -0.2) is 11.8 Å². The first-order chi connectivity index (χ1) is 9.16. The van der Waals surface area contributed by atoms with Crippen molar-refractivity contribution >= 4 is 29.1 Å². The molecule has 1 aromatic carbocycles. The number of fused-ring (bicyclic) bond motifs is 5. The standard InChI is InChI=1S/C15H12ClNO2/c16-10-3-5-11(6-4-10)17-14(18)12-8-1-2-9(7-8)13(12)15(17)19/h1-6,8-9,12-13H,7H2/t8-,9+,12+,13-. The van der Waals surface area contributed by atoms with Crippen molar-refractivity contribution in [2.24, 2.45) is 23.7 Å². The van der Waals surface area contributed by atoms with Crippen molar-refractivity contribution < 1.29 is 9.59 Å². The number of carbonyl (C=O) groups excluding carboxylic acids is 2. The lowest BCUT2D eigenvalue weighted by molar-refractivity contribution is -0.123. The number of benzene rings is 1. The fourth-order valence-corrected chi connectivity index (χ4v) is 3.87. The van der Waals surface area contributed by atoms with Gasteiger partial charge in [-0.05, 0) is 42.5 Å². The Balaban J connectivity index is 1.74. The second-order valence-electron chi connectivity index (χ2n) is 5.49. The molecule has 3 aliphatic rings. The number of hydrogen-bond donors (Lipinski definition) is 0. The fraction of sp³-hybridized carbons (Fsp3) is 0.333. The molecule has 1 heterocycles. The summed E-state index contributed by atoms with van der Waals surface area (Å²) >= 11 is 5.84. The van der Waals surface area contributed by atoms with E-state index in [2.05, 4.69) is 12.2 Å². The van der Waals surface area contributed by atoms with E-state index in [0.29, 0.717) is 10.7 Å². The molecule has 2 amide bonds. The number of nitrogens with zero attached hydrogens (tertiary/aromatic N) is 1. The smallest absolute Gasteiger partial charge is 0.238 e. The molecular formula is C15H12ClNO2. The van der Waals surface area contributed by atoms with Gasteiger partial charge < -0.3 is 0 Å². The minimum absolute atomic E-state index is 0.0471. The first-order valence-corrected chi connectivity index (χ1v) is 6.86. The van der Waals surface area contributed by atoms with Crippen LogP contribution in [0.5, 0.6) is 0 Å². The lowest BCUT2D eigenvalue weighted by Gasteiger charge is -2.17. The van der Waals surface area contributed by atoms with E-state index in [9.17, 15) is 9.59 Å². The van der Waals surface area contributed by atoms with Crippen LogP contribution in [0.4, 0.5) is 5.69 Å². The van der Waals surface area contributed by atoms with E-state index in [1.54, 1.807) is 24.3 Å².